The number of rotatable bonds is 5. The Balaban J connectivity index is 1.76. The Morgan fingerprint density at radius 1 is 1.36 bits per heavy atom. The average molecular weight is 336 g/mol. The molecule has 5 nitrogen and oxygen atoms in total. The van der Waals surface area contributed by atoms with Crippen LogP contribution in [0, 0.1) is 11.6 Å². The second-order valence-electron chi connectivity index (χ2n) is 5.04. The lowest BCUT2D eigenvalue weighted by Crippen LogP contribution is -2.20. The fraction of sp³-hybridized carbons (Fsp3) is 0.571. The molecule has 1 heterocycles. The summed E-state index contributed by atoms with van der Waals surface area (Å²) in [6.07, 6.45) is 1.98. The molecular weight excluding hydrogens is 317 g/mol. The lowest BCUT2D eigenvalue weighted by molar-refractivity contribution is -0.106. The Bertz CT molecular complexity index is 540. The normalized spacial score (nSPS) is 26.4. The van der Waals surface area contributed by atoms with E-state index in [1.54, 1.807) is 0 Å². The predicted octanol–water partition coefficient (Wildman–Crippen LogP) is 3.56. The van der Waals surface area contributed by atoms with Gasteiger partial charge in [-0.2, -0.15) is 0 Å². The van der Waals surface area contributed by atoms with E-state index in [0.29, 0.717) is 31.2 Å². The van der Waals surface area contributed by atoms with Crippen molar-refractivity contribution < 1.29 is 32.0 Å². The minimum Gasteiger partial charge on any atom is -0.352 e. The molecule has 2 rings (SSSR count). The van der Waals surface area contributed by atoms with Gasteiger partial charge in [0.1, 0.15) is 11.6 Å². The smallest absolute Gasteiger partial charge is 0.352 e. The molecule has 124 valence electrons. The summed E-state index contributed by atoms with van der Waals surface area (Å²) in [4.78, 5) is 9.39. The van der Waals surface area contributed by atoms with Gasteiger partial charge in [0.2, 0.25) is 0 Å². The molecule has 8 heteroatoms. The zero-order valence-electron chi connectivity index (χ0n) is 12.0. The third kappa shape index (κ3) is 5.74. The Morgan fingerprint density at radius 3 is 2.95 bits per heavy atom. The van der Waals surface area contributed by atoms with E-state index in [1.807, 2.05) is 0 Å². The van der Waals surface area contributed by atoms with Crippen molar-refractivity contribution in [1.82, 2.24) is 0 Å². The first-order chi connectivity index (χ1) is 10.5. The summed E-state index contributed by atoms with van der Waals surface area (Å²) in [5, 5.41) is 0. The third-order valence-corrected chi connectivity index (χ3v) is 4.26. The van der Waals surface area contributed by atoms with Gasteiger partial charge < -0.3 is 9.63 Å². The summed E-state index contributed by atoms with van der Waals surface area (Å²) in [5.74, 6) is -1.20. The molecule has 1 aromatic carbocycles. The maximum atomic E-state index is 13.4. The molecule has 1 aliphatic heterocycles. The maximum absolute atomic E-state index is 13.4. The van der Waals surface area contributed by atoms with Crippen LogP contribution in [0.1, 0.15) is 31.2 Å². The predicted molar refractivity (Wildman–Crippen MR) is 75.1 cm³/mol. The molecule has 1 aliphatic rings. The van der Waals surface area contributed by atoms with Crippen LogP contribution in [0.15, 0.2) is 18.2 Å². The average Bonchev–Trinajstić information content (AvgIpc) is 2.42. The van der Waals surface area contributed by atoms with Crippen LogP contribution >= 0.6 is 7.82 Å². The standard InChI is InChI=1S/C14H19F2O5P/c15-12-7-6-11(13(16)10-12)4-3-8-19-14-5-1-2-9-20-22(17,18)21-14/h6-7,10,14H,1-5,8-9H2,(H,17,18). The van der Waals surface area contributed by atoms with Gasteiger partial charge in [0.15, 0.2) is 6.29 Å². The van der Waals surface area contributed by atoms with Crippen LogP contribution in [-0.2, 0) is 24.8 Å². The van der Waals surface area contributed by atoms with Crippen molar-refractivity contribution in [2.75, 3.05) is 13.2 Å². The van der Waals surface area contributed by atoms with Crippen molar-refractivity contribution in [3.8, 4) is 0 Å². The van der Waals surface area contributed by atoms with Crippen LogP contribution in [0.5, 0.6) is 0 Å². The number of halogens is 2. The van der Waals surface area contributed by atoms with Crippen molar-refractivity contribution in [2.45, 2.75) is 38.4 Å². The third-order valence-electron chi connectivity index (χ3n) is 3.25. The Kier molecular flexibility index (Phi) is 6.47. The van der Waals surface area contributed by atoms with Crippen molar-refractivity contribution in [3.05, 3.63) is 35.4 Å². The molecule has 1 N–H and O–H groups in total. The zero-order valence-corrected chi connectivity index (χ0v) is 12.9. The summed E-state index contributed by atoms with van der Waals surface area (Å²) in [5.41, 5.74) is 0.403. The van der Waals surface area contributed by atoms with Gasteiger partial charge in [0.05, 0.1) is 13.2 Å². The van der Waals surface area contributed by atoms with Crippen LogP contribution in [0.4, 0.5) is 8.78 Å². The topological polar surface area (TPSA) is 65.0 Å². The number of hydrogen-bond acceptors (Lipinski definition) is 4. The fourth-order valence-corrected chi connectivity index (χ4v) is 3.02. The largest absolute Gasteiger partial charge is 0.474 e. The van der Waals surface area contributed by atoms with Crippen LogP contribution in [-0.4, -0.2) is 24.4 Å². The summed E-state index contributed by atoms with van der Waals surface area (Å²) in [6, 6.07) is 3.44. The molecule has 0 amide bonds. The first-order valence-electron chi connectivity index (χ1n) is 7.17. The first-order valence-corrected chi connectivity index (χ1v) is 8.67. The van der Waals surface area contributed by atoms with E-state index in [9.17, 15) is 18.2 Å². The van der Waals surface area contributed by atoms with Crippen LogP contribution in [0.2, 0.25) is 0 Å². The van der Waals surface area contributed by atoms with E-state index in [4.69, 9.17) is 13.8 Å². The van der Waals surface area contributed by atoms with Crippen LogP contribution < -0.4 is 0 Å². The summed E-state index contributed by atoms with van der Waals surface area (Å²) >= 11 is 0. The number of phosphoric acid groups is 1. The van der Waals surface area contributed by atoms with Crippen LogP contribution in [0.3, 0.4) is 0 Å². The van der Waals surface area contributed by atoms with Gasteiger partial charge in [-0.25, -0.2) is 13.3 Å². The number of ether oxygens (including phenoxy) is 1. The van der Waals surface area contributed by atoms with Crippen molar-refractivity contribution >= 4 is 7.82 Å². The highest BCUT2D eigenvalue weighted by molar-refractivity contribution is 7.47. The fourth-order valence-electron chi connectivity index (χ4n) is 2.14. The van der Waals surface area contributed by atoms with Gasteiger partial charge in [-0.1, -0.05) is 6.07 Å². The molecule has 1 fully saturated rings. The van der Waals surface area contributed by atoms with E-state index < -0.39 is 25.7 Å². The first kappa shape index (κ1) is 17.5. The monoisotopic (exact) mass is 336 g/mol. The van der Waals surface area contributed by atoms with Gasteiger partial charge in [0.25, 0.3) is 0 Å². The highest BCUT2D eigenvalue weighted by Gasteiger charge is 2.28. The molecule has 1 aromatic rings. The molecule has 0 bridgehead atoms. The Hall–Kier alpha value is -0.850. The lowest BCUT2D eigenvalue weighted by Gasteiger charge is -2.23. The summed E-state index contributed by atoms with van der Waals surface area (Å²) < 4.78 is 52.8. The zero-order chi connectivity index (χ0) is 16.0. The van der Waals surface area contributed by atoms with Crippen molar-refractivity contribution in [2.24, 2.45) is 0 Å². The summed E-state index contributed by atoms with van der Waals surface area (Å²) in [6.45, 7) is 0.422. The molecule has 2 atom stereocenters. The number of hydrogen-bond donors (Lipinski definition) is 1. The lowest BCUT2D eigenvalue weighted by atomic mass is 10.1. The van der Waals surface area contributed by atoms with E-state index in [-0.39, 0.29) is 13.2 Å². The molecule has 22 heavy (non-hydrogen) atoms. The summed E-state index contributed by atoms with van der Waals surface area (Å²) in [7, 11) is -4.06. The van der Waals surface area contributed by atoms with E-state index in [0.717, 1.165) is 12.5 Å². The van der Waals surface area contributed by atoms with E-state index in [1.165, 1.54) is 12.1 Å². The molecule has 0 aliphatic carbocycles. The SMILES string of the molecule is O=P1(O)OCCCCC(OCCCc2ccc(F)cc2F)O1. The molecule has 1 saturated heterocycles. The van der Waals surface area contributed by atoms with Crippen molar-refractivity contribution in [1.29, 1.82) is 0 Å². The second-order valence-corrected chi connectivity index (χ2v) is 6.45. The molecule has 0 spiro atoms. The van der Waals surface area contributed by atoms with Gasteiger partial charge in [0, 0.05) is 6.07 Å². The van der Waals surface area contributed by atoms with Crippen LogP contribution in [0.25, 0.3) is 0 Å². The van der Waals surface area contributed by atoms with Crippen molar-refractivity contribution in [3.63, 3.8) is 0 Å². The second kappa shape index (κ2) is 8.13. The Morgan fingerprint density at radius 2 is 2.18 bits per heavy atom. The number of aryl methyl sites for hydroxylation is 1. The molecule has 2 unspecified atom stereocenters. The van der Waals surface area contributed by atoms with Gasteiger partial charge in [-0.05, 0) is 43.7 Å². The van der Waals surface area contributed by atoms with E-state index in [2.05, 4.69) is 0 Å². The maximum Gasteiger partial charge on any atom is 0.474 e. The Labute approximate surface area is 127 Å². The quantitative estimate of drug-likeness (QED) is 0.658. The molecule has 0 aromatic heterocycles. The van der Waals surface area contributed by atoms with E-state index >= 15 is 0 Å². The highest BCUT2D eigenvalue weighted by atomic mass is 31.2. The minimum absolute atomic E-state index is 0.185. The van der Waals surface area contributed by atoms with Gasteiger partial charge in [-0.3, -0.25) is 9.05 Å². The molecular formula is C14H19F2O5P. The molecule has 0 saturated carbocycles. The molecule has 0 radical (unpaired) electrons. The van der Waals surface area contributed by atoms with Gasteiger partial charge in [-0.15, -0.1) is 0 Å². The minimum atomic E-state index is -4.06. The van der Waals surface area contributed by atoms with Gasteiger partial charge >= 0.3 is 7.82 Å². The number of phosphoric ester groups is 1. The number of benzene rings is 1. The highest BCUT2D eigenvalue weighted by Crippen LogP contribution is 2.46.